The number of aliphatic carboxylic acids is 1. The van der Waals surface area contributed by atoms with Crippen molar-refractivity contribution in [2.45, 2.75) is 19.9 Å². The molecule has 1 amide bonds. The molecule has 0 atom stereocenters. The van der Waals surface area contributed by atoms with Gasteiger partial charge in [-0.05, 0) is 30.2 Å². The van der Waals surface area contributed by atoms with E-state index in [0.717, 1.165) is 27.7 Å². The number of carboxylic acid groups (broad SMARTS) is 1. The third kappa shape index (κ3) is 1.55. The molecule has 18 heavy (non-hydrogen) atoms. The van der Waals surface area contributed by atoms with Gasteiger partial charge in [-0.25, -0.2) is 0 Å². The lowest BCUT2D eigenvalue weighted by Gasteiger charge is -2.14. The molecule has 2 heterocycles. The predicted octanol–water partition coefficient (Wildman–Crippen LogP) is 1.53. The molecule has 1 aromatic heterocycles. The van der Waals surface area contributed by atoms with Crippen LogP contribution < -0.4 is 5.32 Å². The smallest absolute Gasteiger partial charge is 0.323 e. The zero-order valence-electron chi connectivity index (χ0n) is 9.86. The molecule has 1 aromatic carbocycles. The second-order valence-corrected chi connectivity index (χ2v) is 4.61. The first kappa shape index (κ1) is 10.8. The van der Waals surface area contributed by atoms with Crippen molar-refractivity contribution in [3.63, 3.8) is 0 Å². The number of benzene rings is 1. The normalized spacial score (nSPS) is 13.7. The zero-order chi connectivity index (χ0) is 12.9. The minimum atomic E-state index is -0.889. The molecule has 0 bridgehead atoms. The first-order valence-electron chi connectivity index (χ1n) is 5.68. The number of anilines is 1. The van der Waals surface area contributed by atoms with E-state index in [2.05, 4.69) is 5.32 Å². The molecule has 0 unspecified atom stereocenters. The van der Waals surface area contributed by atoms with E-state index in [4.69, 9.17) is 5.11 Å². The molecule has 1 aliphatic rings. The number of hydrogen-bond donors (Lipinski definition) is 2. The molecular formula is C13H12N2O3. The minimum Gasteiger partial charge on any atom is -0.480 e. The Balaban J connectivity index is 2.30. The van der Waals surface area contributed by atoms with Gasteiger partial charge in [0.05, 0.1) is 17.6 Å². The van der Waals surface area contributed by atoms with E-state index in [1.165, 1.54) is 0 Å². The van der Waals surface area contributed by atoms with Gasteiger partial charge in [-0.3, -0.25) is 9.59 Å². The first-order valence-corrected chi connectivity index (χ1v) is 5.68. The van der Waals surface area contributed by atoms with Gasteiger partial charge < -0.3 is 15.0 Å². The number of aryl methyl sites for hydroxylation is 1. The van der Waals surface area contributed by atoms with Gasteiger partial charge in [0.1, 0.15) is 6.54 Å². The number of nitrogens with zero attached hydrogens (tertiary/aromatic N) is 1. The van der Waals surface area contributed by atoms with Gasteiger partial charge in [-0.2, -0.15) is 0 Å². The summed E-state index contributed by atoms with van der Waals surface area (Å²) in [6.45, 7) is 1.84. The maximum atomic E-state index is 11.6. The Morgan fingerprint density at radius 3 is 3.00 bits per heavy atom. The van der Waals surface area contributed by atoms with Gasteiger partial charge >= 0.3 is 5.97 Å². The van der Waals surface area contributed by atoms with Gasteiger partial charge in [-0.1, -0.05) is 0 Å². The van der Waals surface area contributed by atoms with Crippen LogP contribution in [0.15, 0.2) is 18.3 Å². The molecule has 2 N–H and O–H groups in total. The van der Waals surface area contributed by atoms with Crippen LogP contribution in [0.1, 0.15) is 11.1 Å². The summed E-state index contributed by atoms with van der Waals surface area (Å²) in [5.41, 5.74) is 3.53. The van der Waals surface area contributed by atoms with Gasteiger partial charge in [-0.15, -0.1) is 0 Å². The SMILES string of the molecule is Cc1cc2c3c(cn(CC(=O)O)c3c1)CC(=O)N2. The van der Waals surface area contributed by atoms with E-state index in [-0.39, 0.29) is 12.5 Å². The van der Waals surface area contributed by atoms with Crippen molar-refractivity contribution in [3.8, 4) is 0 Å². The Morgan fingerprint density at radius 2 is 2.28 bits per heavy atom. The minimum absolute atomic E-state index is 0.0533. The molecule has 2 aromatic rings. The highest BCUT2D eigenvalue weighted by Gasteiger charge is 2.21. The maximum Gasteiger partial charge on any atom is 0.323 e. The van der Waals surface area contributed by atoms with Crippen LogP contribution >= 0.6 is 0 Å². The highest BCUT2D eigenvalue weighted by molar-refractivity contribution is 6.09. The van der Waals surface area contributed by atoms with Crippen LogP contribution in [0.2, 0.25) is 0 Å². The molecule has 92 valence electrons. The summed E-state index contributed by atoms with van der Waals surface area (Å²) < 4.78 is 1.68. The molecule has 0 saturated heterocycles. The van der Waals surface area contributed by atoms with Gasteiger partial charge in [0.15, 0.2) is 0 Å². The van der Waals surface area contributed by atoms with E-state index in [1.54, 1.807) is 10.8 Å². The molecular weight excluding hydrogens is 232 g/mol. The number of nitrogens with one attached hydrogen (secondary N) is 1. The molecule has 0 radical (unpaired) electrons. The highest BCUT2D eigenvalue weighted by Crippen LogP contribution is 2.33. The second-order valence-electron chi connectivity index (χ2n) is 4.61. The van der Waals surface area contributed by atoms with Crippen LogP contribution in [-0.2, 0) is 22.6 Å². The molecule has 5 nitrogen and oxygen atoms in total. The van der Waals surface area contributed by atoms with Crippen LogP contribution in [0.3, 0.4) is 0 Å². The monoisotopic (exact) mass is 244 g/mol. The van der Waals surface area contributed by atoms with Crippen molar-refractivity contribution in [1.82, 2.24) is 4.57 Å². The second kappa shape index (κ2) is 3.60. The van der Waals surface area contributed by atoms with Crippen molar-refractivity contribution in [2.75, 3.05) is 5.32 Å². The first-order chi connectivity index (χ1) is 8.54. The predicted molar refractivity (Wildman–Crippen MR) is 66.6 cm³/mol. The van der Waals surface area contributed by atoms with Gasteiger partial charge in [0, 0.05) is 11.6 Å². The Bertz CT molecular complexity index is 685. The number of carbonyl (C=O) groups is 2. The molecule has 3 rings (SSSR count). The van der Waals surface area contributed by atoms with Crippen LogP contribution in [0, 0.1) is 6.92 Å². The summed E-state index contributed by atoms with van der Waals surface area (Å²) in [6.07, 6.45) is 2.07. The quantitative estimate of drug-likeness (QED) is 0.841. The van der Waals surface area contributed by atoms with Crippen LogP contribution in [0.4, 0.5) is 5.69 Å². The average molecular weight is 244 g/mol. The Kier molecular flexibility index (Phi) is 2.16. The van der Waals surface area contributed by atoms with Crippen LogP contribution in [0.5, 0.6) is 0 Å². The van der Waals surface area contributed by atoms with Crippen molar-refractivity contribution in [3.05, 3.63) is 29.5 Å². The third-order valence-corrected chi connectivity index (χ3v) is 3.13. The summed E-state index contributed by atoms with van der Waals surface area (Å²) in [5.74, 6) is -0.942. The molecule has 0 spiro atoms. The summed E-state index contributed by atoms with van der Waals surface area (Å²) in [7, 11) is 0. The van der Waals surface area contributed by atoms with E-state index < -0.39 is 5.97 Å². The summed E-state index contributed by atoms with van der Waals surface area (Å²) in [5, 5.41) is 12.7. The number of rotatable bonds is 2. The van der Waals surface area contributed by atoms with Crippen LogP contribution in [-0.4, -0.2) is 21.6 Å². The Labute approximate surface area is 103 Å². The fourth-order valence-corrected chi connectivity index (χ4v) is 2.53. The fourth-order valence-electron chi connectivity index (χ4n) is 2.53. The van der Waals surface area contributed by atoms with Crippen molar-refractivity contribution >= 4 is 28.5 Å². The summed E-state index contributed by atoms with van der Waals surface area (Å²) >= 11 is 0. The topological polar surface area (TPSA) is 71.3 Å². The molecule has 0 fully saturated rings. The van der Waals surface area contributed by atoms with Gasteiger partial charge in [0.2, 0.25) is 5.91 Å². The van der Waals surface area contributed by atoms with E-state index in [1.807, 2.05) is 19.1 Å². The van der Waals surface area contributed by atoms with Gasteiger partial charge in [0.25, 0.3) is 0 Å². The lowest BCUT2D eigenvalue weighted by Crippen LogP contribution is -2.18. The standard InChI is InChI=1S/C13H12N2O3/c1-7-2-9-13-8(4-11(16)14-9)5-15(6-12(17)18)10(13)3-7/h2-3,5H,4,6H2,1H3,(H,14,16)(H,17,18). The number of aromatic nitrogens is 1. The summed E-state index contributed by atoms with van der Waals surface area (Å²) in [4.78, 5) is 22.4. The lowest BCUT2D eigenvalue weighted by molar-refractivity contribution is -0.137. The number of carbonyl (C=O) groups excluding carboxylic acids is 1. The summed E-state index contributed by atoms with van der Waals surface area (Å²) in [6, 6.07) is 3.86. The third-order valence-electron chi connectivity index (χ3n) is 3.13. The average Bonchev–Trinajstić information content (AvgIpc) is 2.55. The Hall–Kier alpha value is -2.30. The van der Waals surface area contributed by atoms with Crippen molar-refractivity contribution in [2.24, 2.45) is 0 Å². The van der Waals surface area contributed by atoms with Crippen LogP contribution in [0.25, 0.3) is 10.9 Å². The molecule has 5 heteroatoms. The van der Waals surface area contributed by atoms with E-state index in [0.29, 0.717) is 6.42 Å². The van der Waals surface area contributed by atoms with E-state index >= 15 is 0 Å². The van der Waals surface area contributed by atoms with E-state index in [9.17, 15) is 9.59 Å². The molecule has 0 saturated carbocycles. The van der Waals surface area contributed by atoms with Crippen molar-refractivity contribution < 1.29 is 14.7 Å². The highest BCUT2D eigenvalue weighted by atomic mass is 16.4. The largest absolute Gasteiger partial charge is 0.480 e. The molecule has 0 aliphatic carbocycles. The number of carboxylic acids is 1. The number of hydrogen-bond acceptors (Lipinski definition) is 2. The maximum absolute atomic E-state index is 11.6. The number of amides is 1. The lowest BCUT2D eigenvalue weighted by atomic mass is 10.0. The molecule has 1 aliphatic heterocycles. The van der Waals surface area contributed by atoms with Crippen molar-refractivity contribution in [1.29, 1.82) is 0 Å². The Morgan fingerprint density at radius 1 is 1.50 bits per heavy atom. The zero-order valence-corrected chi connectivity index (χ0v) is 9.86. The fraction of sp³-hybridized carbons (Fsp3) is 0.231.